The highest BCUT2D eigenvalue weighted by molar-refractivity contribution is 5.99. The van der Waals surface area contributed by atoms with Gasteiger partial charge in [-0.2, -0.15) is 0 Å². The Bertz CT molecular complexity index is 359. The smallest absolute Gasteiger partial charge is 0.191 e. The lowest BCUT2D eigenvalue weighted by Crippen LogP contribution is -2.22. The molecule has 0 radical (unpaired) electrons. The van der Waals surface area contributed by atoms with E-state index in [-0.39, 0.29) is 5.78 Å². The zero-order valence-electron chi connectivity index (χ0n) is 11.1. The first kappa shape index (κ1) is 14.7. The lowest BCUT2D eigenvalue weighted by molar-refractivity contribution is 0.0174. The molecule has 0 fully saturated rings. The molecule has 0 saturated heterocycles. The van der Waals surface area contributed by atoms with Gasteiger partial charge in [0, 0.05) is 12.2 Å². The first-order valence-electron chi connectivity index (χ1n) is 6.06. The Labute approximate surface area is 108 Å². The highest BCUT2D eigenvalue weighted by Crippen LogP contribution is 2.13. The Morgan fingerprint density at radius 2 is 1.89 bits per heavy atom. The minimum Gasteiger partial charge on any atom is -0.497 e. The number of methoxy groups -OCH3 is 1. The standard InChI is InChI=1S/C14H20O4/c1-4-17-9-10-18-11(2)14(15)12-5-7-13(16-3)8-6-12/h5-8,11H,4,9-10H2,1-3H3. The Morgan fingerprint density at radius 1 is 1.22 bits per heavy atom. The second-order valence-corrected chi connectivity index (χ2v) is 3.80. The molecule has 1 unspecified atom stereocenters. The predicted octanol–water partition coefficient (Wildman–Crippen LogP) is 2.32. The number of benzene rings is 1. The molecule has 0 heterocycles. The van der Waals surface area contributed by atoms with Crippen LogP contribution in [0.25, 0.3) is 0 Å². The highest BCUT2D eigenvalue weighted by Gasteiger charge is 2.15. The third kappa shape index (κ3) is 4.47. The van der Waals surface area contributed by atoms with Gasteiger partial charge in [-0.3, -0.25) is 4.79 Å². The SMILES string of the molecule is CCOCCOC(C)C(=O)c1ccc(OC)cc1. The average Bonchev–Trinajstić information content (AvgIpc) is 2.42. The number of ether oxygens (including phenoxy) is 3. The fourth-order valence-corrected chi connectivity index (χ4v) is 1.49. The maximum absolute atomic E-state index is 12.0. The van der Waals surface area contributed by atoms with Crippen LogP contribution in [0.2, 0.25) is 0 Å². The Balaban J connectivity index is 2.46. The van der Waals surface area contributed by atoms with Crippen molar-refractivity contribution in [3.63, 3.8) is 0 Å². The lowest BCUT2D eigenvalue weighted by atomic mass is 10.1. The topological polar surface area (TPSA) is 44.8 Å². The predicted molar refractivity (Wildman–Crippen MR) is 69.2 cm³/mol. The molecule has 18 heavy (non-hydrogen) atoms. The summed E-state index contributed by atoms with van der Waals surface area (Å²) in [5.74, 6) is 0.700. The fourth-order valence-electron chi connectivity index (χ4n) is 1.49. The summed E-state index contributed by atoms with van der Waals surface area (Å²) < 4.78 is 15.6. The van der Waals surface area contributed by atoms with E-state index in [4.69, 9.17) is 14.2 Å². The van der Waals surface area contributed by atoms with Gasteiger partial charge >= 0.3 is 0 Å². The largest absolute Gasteiger partial charge is 0.497 e. The van der Waals surface area contributed by atoms with Gasteiger partial charge in [0.05, 0.1) is 20.3 Å². The summed E-state index contributed by atoms with van der Waals surface area (Å²) in [5, 5.41) is 0. The molecule has 0 aliphatic carbocycles. The molecule has 1 aromatic rings. The Hall–Kier alpha value is -1.39. The number of Topliss-reactive ketones (excluding diaryl/α,β-unsaturated/α-hetero) is 1. The van der Waals surface area contributed by atoms with Gasteiger partial charge in [0.15, 0.2) is 5.78 Å². The van der Waals surface area contributed by atoms with Crippen LogP contribution in [0.3, 0.4) is 0 Å². The molecule has 0 bridgehead atoms. The van der Waals surface area contributed by atoms with E-state index in [1.54, 1.807) is 38.3 Å². The summed E-state index contributed by atoms with van der Waals surface area (Å²) in [6, 6.07) is 7.01. The Kier molecular flexibility index (Phi) is 6.39. The molecule has 4 heteroatoms. The number of hydrogen-bond donors (Lipinski definition) is 0. The average molecular weight is 252 g/mol. The molecule has 100 valence electrons. The van der Waals surface area contributed by atoms with Gasteiger partial charge in [0.1, 0.15) is 11.9 Å². The van der Waals surface area contributed by atoms with Crippen molar-refractivity contribution >= 4 is 5.78 Å². The second kappa shape index (κ2) is 7.84. The summed E-state index contributed by atoms with van der Waals surface area (Å²) in [6.07, 6.45) is -0.459. The van der Waals surface area contributed by atoms with Crippen molar-refractivity contribution < 1.29 is 19.0 Å². The monoisotopic (exact) mass is 252 g/mol. The first-order chi connectivity index (χ1) is 8.69. The van der Waals surface area contributed by atoms with E-state index >= 15 is 0 Å². The van der Waals surface area contributed by atoms with Crippen LogP contribution in [0, 0.1) is 0 Å². The van der Waals surface area contributed by atoms with Crippen LogP contribution in [0.1, 0.15) is 24.2 Å². The van der Waals surface area contributed by atoms with Gasteiger partial charge in [-0.05, 0) is 38.1 Å². The van der Waals surface area contributed by atoms with Crippen molar-refractivity contribution in [2.75, 3.05) is 26.9 Å². The first-order valence-corrected chi connectivity index (χ1v) is 6.06. The van der Waals surface area contributed by atoms with E-state index in [1.807, 2.05) is 6.92 Å². The van der Waals surface area contributed by atoms with Gasteiger partial charge < -0.3 is 14.2 Å². The number of hydrogen-bond acceptors (Lipinski definition) is 4. The van der Waals surface area contributed by atoms with E-state index in [0.29, 0.717) is 25.4 Å². The maximum atomic E-state index is 12.0. The van der Waals surface area contributed by atoms with E-state index in [1.165, 1.54) is 0 Å². The number of carbonyl (C=O) groups is 1. The fraction of sp³-hybridized carbons (Fsp3) is 0.500. The maximum Gasteiger partial charge on any atom is 0.191 e. The minimum atomic E-state index is -0.459. The van der Waals surface area contributed by atoms with Gasteiger partial charge in [-0.25, -0.2) is 0 Å². The van der Waals surface area contributed by atoms with Gasteiger partial charge in [0.25, 0.3) is 0 Å². The van der Waals surface area contributed by atoms with E-state index in [0.717, 1.165) is 5.75 Å². The molecule has 1 atom stereocenters. The van der Waals surface area contributed by atoms with Crippen molar-refractivity contribution in [1.82, 2.24) is 0 Å². The molecule has 0 N–H and O–H groups in total. The molecule has 1 rings (SSSR count). The van der Waals surface area contributed by atoms with E-state index < -0.39 is 6.10 Å². The van der Waals surface area contributed by atoms with E-state index in [9.17, 15) is 4.79 Å². The van der Waals surface area contributed by atoms with Crippen molar-refractivity contribution in [1.29, 1.82) is 0 Å². The summed E-state index contributed by atoms with van der Waals surface area (Å²) in [4.78, 5) is 12.0. The second-order valence-electron chi connectivity index (χ2n) is 3.80. The van der Waals surface area contributed by atoms with Crippen LogP contribution < -0.4 is 4.74 Å². The third-order valence-corrected chi connectivity index (χ3v) is 2.54. The van der Waals surface area contributed by atoms with Crippen LogP contribution in [0.4, 0.5) is 0 Å². The normalized spacial score (nSPS) is 12.2. The van der Waals surface area contributed by atoms with Crippen LogP contribution in [-0.2, 0) is 9.47 Å². The molecule has 0 spiro atoms. The van der Waals surface area contributed by atoms with Crippen LogP contribution in [0.15, 0.2) is 24.3 Å². The van der Waals surface area contributed by atoms with Crippen LogP contribution in [0.5, 0.6) is 5.75 Å². The van der Waals surface area contributed by atoms with Crippen LogP contribution >= 0.6 is 0 Å². The molecular formula is C14H20O4. The Morgan fingerprint density at radius 3 is 2.44 bits per heavy atom. The zero-order chi connectivity index (χ0) is 13.4. The molecule has 4 nitrogen and oxygen atoms in total. The molecule has 0 amide bonds. The van der Waals surface area contributed by atoms with Gasteiger partial charge in [-0.15, -0.1) is 0 Å². The summed E-state index contributed by atoms with van der Waals surface area (Å²) in [5.41, 5.74) is 0.625. The third-order valence-electron chi connectivity index (χ3n) is 2.54. The molecule has 0 saturated carbocycles. The lowest BCUT2D eigenvalue weighted by Gasteiger charge is -2.12. The minimum absolute atomic E-state index is 0.0332. The summed E-state index contributed by atoms with van der Waals surface area (Å²) in [7, 11) is 1.59. The van der Waals surface area contributed by atoms with Crippen molar-refractivity contribution in [3.05, 3.63) is 29.8 Å². The summed E-state index contributed by atoms with van der Waals surface area (Å²) in [6.45, 7) is 5.27. The van der Waals surface area contributed by atoms with Crippen LogP contribution in [-0.4, -0.2) is 38.8 Å². The van der Waals surface area contributed by atoms with Crippen molar-refractivity contribution in [2.24, 2.45) is 0 Å². The number of carbonyl (C=O) groups excluding carboxylic acids is 1. The van der Waals surface area contributed by atoms with E-state index in [2.05, 4.69) is 0 Å². The zero-order valence-corrected chi connectivity index (χ0v) is 11.1. The highest BCUT2D eigenvalue weighted by atomic mass is 16.5. The molecule has 0 aromatic heterocycles. The molecular weight excluding hydrogens is 232 g/mol. The van der Waals surface area contributed by atoms with Crippen molar-refractivity contribution in [2.45, 2.75) is 20.0 Å². The number of rotatable bonds is 8. The molecule has 0 aliphatic heterocycles. The summed E-state index contributed by atoms with van der Waals surface area (Å²) >= 11 is 0. The molecule has 1 aromatic carbocycles. The van der Waals surface area contributed by atoms with Crippen molar-refractivity contribution in [3.8, 4) is 5.75 Å². The molecule has 0 aliphatic rings. The quantitative estimate of drug-likeness (QED) is 0.526. The number of ketones is 1. The van der Waals surface area contributed by atoms with Gasteiger partial charge in [-0.1, -0.05) is 0 Å². The van der Waals surface area contributed by atoms with Gasteiger partial charge in [0.2, 0.25) is 0 Å².